The van der Waals surface area contributed by atoms with E-state index in [-0.39, 0.29) is 18.1 Å². The van der Waals surface area contributed by atoms with Crippen LogP contribution in [-0.2, 0) is 23.5 Å². The van der Waals surface area contributed by atoms with Gasteiger partial charge in [0.15, 0.2) is 0 Å². The number of ether oxygens (including phenoxy) is 1. The summed E-state index contributed by atoms with van der Waals surface area (Å²) in [6.45, 7) is 0.451. The normalized spacial score (nSPS) is 10.6. The monoisotopic (exact) mass is 402 g/mol. The number of thiazole rings is 1. The first-order chi connectivity index (χ1) is 13.1. The first-order valence-corrected chi connectivity index (χ1v) is 10.2. The van der Waals surface area contributed by atoms with E-state index in [9.17, 15) is 9.18 Å². The van der Waals surface area contributed by atoms with Gasteiger partial charge >= 0.3 is 0 Å². The fourth-order valence-corrected chi connectivity index (χ4v) is 4.17. The quantitative estimate of drug-likeness (QED) is 0.566. The maximum absolute atomic E-state index is 12.9. The smallest absolute Gasteiger partial charge is 0.226 e. The molecule has 0 unspecified atom stereocenters. The van der Waals surface area contributed by atoms with Crippen molar-refractivity contribution in [2.75, 3.05) is 7.11 Å². The molecule has 0 aliphatic carbocycles. The van der Waals surface area contributed by atoms with Crippen LogP contribution in [-0.4, -0.2) is 18.0 Å². The molecule has 0 saturated carbocycles. The van der Waals surface area contributed by atoms with Crippen molar-refractivity contribution in [2.45, 2.75) is 23.1 Å². The van der Waals surface area contributed by atoms with E-state index in [2.05, 4.69) is 10.3 Å². The number of rotatable bonds is 8. The molecule has 3 rings (SSSR count). The highest BCUT2D eigenvalue weighted by molar-refractivity contribution is 8.00. The van der Waals surface area contributed by atoms with Gasteiger partial charge in [-0.1, -0.05) is 36.0 Å². The van der Waals surface area contributed by atoms with Crippen LogP contribution in [0.3, 0.4) is 0 Å². The Morgan fingerprint density at radius 1 is 1.22 bits per heavy atom. The number of hydrogen-bond acceptors (Lipinski definition) is 5. The summed E-state index contributed by atoms with van der Waals surface area (Å²) >= 11 is 3.10. The molecule has 0 radical (unpaired) electrons. The predicted octanol–water partition coefficient (Wildman–Crippen LogP) is 4.44. The molecule has 0 atom stereocenters. The molecular formula is C20H19FN2O2S2. The van der Waals surface area contributed by atoms with Gasteiger partial charge < -0.3 is 10.1 Å². The molecule has 0 saturated heterocycles. The van der Waals surface area contributed by atoms with Crippen LogP contribution in [0.5, 0.6) is 5.75 Å². The molecule has 7 heteroatoms. The second-order valence-electron chi connectivity index (χ2n) is 5.82. The van der Waals surface area contributed by atoms with Gasteiger partial charge in [-0.15, -0.1) is 11.3 Å². The van der Waals surface area contributed by atoms with Crippen LogP contribution in [0, 0.1) is 5.82 Å². The summed E-state index contributed by atoms with van der Waals surface area (Å²) in [5.74, 6) is 1.18. The number of halogens is 1. The Hall–Kier alpha value is -2.38. The molecule has 140 valence electrons. The maximum atomic E-state index is 12.9. The Balaban J connectivity index is 1.46. The topological polar surface area (TPSA) is 51.2 Å². The van der Waals surface area contributed by atoms with Crippen molar-refractivity contribution in [1.82, 2.24) is 10.3 Å². The van der Waals surface area contributed by atoms with Gasteiger partial charge in [0.05, 0.1) is 19.2 Å². The number of benzene rings is 2. The number of carbonyl (C=O) groups excluding carboxylic acids is 1. The second kappa shape index (κ2) is 9.53. The van der Waals surface area contributed by atoms with Gasteiger partial charge in [-0.3, -0.25) is 4.79 Å². The summed E-state index contributed by atoms with van der Waals surface area (Å²) in [7, 11) is 1.62. The number of hydrogen-bond donors (Lipinski definition) is 1. The molecule has 3 aromatic rings. The highest BCUT2D eigenvalue weighted by Gasteiger charge is 2.09. The Bertz CT molecular complexity index is 897. The van der Waals surface area contributed by atoms with Crippen molar-refractivity contribution in [1.29, 1.82) is 0 Å². The van der Waals surface area contributed by atoms with Crippen molar-refractivity contribution >= 4 is 29.0 Å². The zero-order valence-corrected chi connectivity index (χ0v) is 16.4. The molecular weight excluding hydrogens is 383 g/mol. The number of nitrogens with one attached hydrogen (secondary N) is 1. The van der Waals surface area contributed by atoms with Crippen LogP contribution in [0.25, 0.3) is 0 Å². The molecule has 0 spiro atoms. The highest BCUT2D eigenvalue weighted by atomic mass is 32.2. The fraction of sp³-hybridized carbons (Fsp3) is 0.200. The third-order valence-corrected chi connectivity index (χ3v) is 5.91. The lowest BCUT2D eigenvalue weighted by Crippen LogP contribution is -2.24. The van der Waals surface area contributed by atoms with Gasteiger partial charge in [-0.05, 0) is 35.4 Å². The highest BCUT2D eigenvalue weighted by Crippen LogP contribution is 2.26. The van der Waals surface area contributed by atoms with Crippen LogP contribution in [0.15, 0.2) is 58.3 Å². The van der Waals surface area contributed by atoms with Gasteiger partial charge in [0, 0.05) is 17.7 Å². The number of thioether (sulfide) groups is 1. The summed E-state index contributed by atoms with van der Waals surface area (Å²) in [4.78, 5) is 16.6. The maximum Gasteiger partial charge on any atom is 0.226 e. The van der Waals surface area contributed by atoms with E-state index < -0.39 is 0 Å². The SMILES string of the molecule is COc1cccc(CNC(=O)Cc2csc(SCc3ccc(F)cc3)n2)c1. The van der Waals surface area contributed by atoms with Crippen LogP contribution in [0.1, 0.15) is 16.8 Å². The lowest BCUT2D eigenvalue weighted by atomic mass is 10.2. The summed E-state index contributed by atoms with van der Waals surface area (Å²) in [6.07, 6.45) is 0.248. The third kappa shape index (κ3) is 6.08. The van der Waals surface area contributed by atoms with E-state index in [0.29, 0.717) is 6.54 Å². The zero-order valence-electron chi connectivity index (χ0n) is 14.8. The van der Waals surface area contributed by atoms with Gasteiger partial charge in [-0.25, -0.2) is 9.37 Å². The van der Waals surface area contributed by atoms with Crippen LogP contribution in [0.4, 0.5) is 4.39 Å². The molecule has 2 aromatic carbocycles. The average molecular weight is 403 g/mol. The molecule has 1 N–H and O–H groups in total. The van der Waals surface area contributed by atoms with Gasteiger partial charge in [0.2, 0.25) is 5.91 Å². The molecule has 1 heterocycles. The summed E-state index contributed by atoms with van der Waals surface area (Å²) in [5.41, 5.74) is 2.77. The van der Waals surface area contributed by atoms with Crippen molar-refractivity contribution in [3.05, 3.63) is 76.5 Å². The molecule has 4 nitrogen and oxygen atoms in total. The van der Waals surface area contributed by atoms with E-state index >= 15 is 0 Å². The van der Waals surface area contributed by atoms with Gasteiger partial charge in [0.1, 0.15) is 15.9 Å². The Labute approximate surface area is 165 Å². The average Bonchev–Trinajstić information content (AvgIpc) is 3.13. The minimum Gasteiger partial charge on any atom is -0.497 e. The summed E-state index contributed by atoms with van der Waals surface area (Å²) in [6, 6.07) is 14.0. The van der Waals surface area contributed by atoms with E-state index in [0.717, 1.165) is 32.7 Å². The van der Waals surface area contributed by atoms with Crippen molar-refractivity contribution in [3.8, 4) is 5.75 Å². The predicted molar refractivity (Wildman–Crippen MR) is 107 cm³/mol. The van der Waals surface area contributed by atoms with Gasteiger partial charge in [0.25, 0.3) is 0 Å². The van der Waals surface area contributed by atoms with E-state index in [1.807, 2.05) is 29.6 Å². The number of methoxy groups -OCH3 is 1. The third-order valence-electron chi connectivity index (χ3n) is 3.77. The number of aromatic nitrogens is 1. The number of nitrogens with zero attached hydrogens (tertiary/aromatic N) is 1. The van der Waals surface area contributed by atoms with E-state index in [1.165, 1.54) is 23.5 Å². The molecule has 0 aliphatic heterocycles. The van der Waals surface area contributed by atoms with Crippen LogP contribution in [0.2, 0.25) is 0 Å². The summed E-state index contributed by atoms with van der Waals surface area (Å²) < 4.78 is 19.0. The number of carbonyl (C=O) groups is 1. The minimum absolute atomic E-state index is 0.0711. The molecule has 0 bridgehead atoms. The van der Waals surface area contributed by atoms with Crippen molar-refractivity contribution in [2.24, 2.45) is 0 Å². The van der Waals surface area contributed by atoms with E-state index in [4.69, 9.17) is 4.74 Å². The Morgan fingerprint density at radius 3 is 2.81 bits per heavy atom. The lowest BCUT2D eigenvalue weighted by molar-refractivity contribution is -0.120. The molecule has 1 amide bonds. The molecule has 1 aromatic heterocycles. The Kier molecular flexibility index (Phi) is 6.84. The van der Waals surface area contributed by atoms with E-state index in [1.54, 1.807) is 31.0 Å². The first-order valence-electron chi connectivity index (χ1n) is 8.33. The second-order valence-corrected chi connectivity index (χ2v) is 7.91. The van der Waals surface area contributed by atoms with Crippen LogP contribution >= 0.6 is 23.1 Å². The summed E-state index contributed by atoms with van der Waals surface area (Å²) in [5, 5.41) is 4.80. The largest absolute Gasteiger partial charge is 0.497 e. The minimum atomic E-state index is -0.236. The molecule has 27 heavy (non-hydrogen) atoms. The molecule has 0 fully saturated rings. The fourth-order valence-electron chi connectivity index (χ4n) is 2.37. The van der Waals surface area contributed by atoms with Gasteiger partial charge in [-0.2, -0.15) is 0 Å². The Morgan fingerprint density at radius 2 is 2.04 bits per heavy atom. The molecule has 0 aliphatic rings. The van der Waals surface area contributed by atoms with Crippen LogP contribution < -0.4 is 10.1 Å². The number of amides is 1. The lowest BCUT2D eigenvalue weighted by Gasteiger charge is -2.06. The zero-order chi connectivity index (χ0) is 19.1. The van der Waals surface area contributed by atoms with Crippen molar-refractivity contribution in [3.63, 3.8) is 0 Å². The standard InChI is InChI=1S/C20H19FN2O2S2/c1-25-18-4-2-3-15(9-18)11-22-19(24)10-17-13-27-20(23-17)26-12-14-5-7-16(21)8-6-14/h2-9,13H,10-12H2,1H3,(H,22,24). The first kappa shape index (κ1) is 19.4. The van der Waals surface area contributed by atoms with Crippen molar-refractivity contribution < 1.29 is 13.9 Å².